The van der Waals surface area contributed by atoms with Crippen molar-refractivity contribution in [2.75, 3.05) is 18.1 Å². The normalized spacial score (nSPS) is 21.9. The summed E-state index contributed by atoms with van der Waals surface area (Å²) in [6.45, 7) is 3.85. The van der Waals surface area contributed by atoms with Crippen molar-refractivity contribution in [3.05, 3.63) is 69.8 Å². The van der Waals surface area contributed by atoms with Crippen LogP contribution in [0.4, 0.5) is 5.69 Å². The highest BCUT2D eigenvalue weighted by Gasteiger charge is 2.41. The molecule has 2 fully saturated rings. The maximum Gasteiger partial charge on any atom is 0.184 e. The monoisotopic (exact) mass is 456 g/mol. The molecule has 1 saturated heterocycles. The molecule has 1 aliphatic heterocycles. The van der Waals surface area contributed by atoms with E-state index in [4.69, 9.17) is 23.2 Å². The Bertz CT molecular complexity index is 1060. The minimum absolute atomic E-state index is 0.619. The number of para-hydroxylation sites is 1. The van der Waals surface area contributed by atoms with Crippen LogP contribution in [0.5, 0.6) is 0 Å². The van der Waals surface area contributed by atoms with E-state index >= 15 is 0 Å². The zero-order valence-corrected chi connectivity index (χ0v) is 18.9. The van der Waals surface area contributed by atoms with Gasteiger partial charge in [-0.1, -0.05) is 53.9 Å². The van der Waals surface area contributed by atoms with Crippen molar-refractivity contribution in [2.24, 2.45) is 11.8 Å². The van der Waals surface area contributed by atoms with E-state index in [2.05, 4.69) is 15.2 Å². The molecule has 0 amide bonds. The summed E-state index contributed by atoms with van der Waals surface area (Å²) in [5.41, 5.74) is 4.14. The Morgan fingerprint density at radius 1 is 1.06 bits per heavy atom. The fraction of sp³-hybridized carbons (Fsp3) is 0.375. The fourth-order valence-corrected chi connectivity index (χ4v) is 5.48. The third-order valence-corrected chi connectivity index (χ3v) is 7.34. The Kier molecular flexibility index (Phi) is 5.69. The van der Waals surface area contributed by atoms with Crippen LogP contribution in [0.1, 0.15) is 36.7 Å². The second kappa shape index (κ2) is 8.47. The minimum atomic E-state index is -0.924. The van der Waals surface area contributed by atoms with Gasteiger partial charge in [-0.25, -0.2) is 5.01 Å². The quantitative estimate of drug-likeness (QED) is 0.473. The maximum atomic E-state index is 11.6. The number of aromatic nitrogens is 2. The van der Waals surface area contributed by atoms with Crippen molar-refractivity contribution in [3.63, 3.8) is 0 Å². The van der Waals surface area contributed by atoms with E-state index in [0.29, 0.717) is 27.6 Å². The number of anilines is 1. The van der Waals surface area contributed by atoms with Crippen molar-refractivity contribution in [1.29, 1.82) is 0 Å². The second-order valence-electron chi connectivity index (χ2n) is 8.61. The molecule has 162 valence electrons. The van der Waals surface area contributed by atoms with E-state index < -0.39 is 6.23 Å². The van der Waals surface area contributed by atoms with E-state index in [0.717, 1.165) is 35.6 Å². The molecule has 5 rings (SSSR count). The molecule has 3 unspecified atom stereocenters. The summed E-state index contributed by atoms with van der Waals surface area (Å²) in [6.07, 6.45) is 2.91. The number of nitrogens with one attached hydrogen (secondary N) is 1. The van der Waals surface area contributed by atoms with Gasteiger partial charge in [-0.2, -0.15) is 5.10 Å². The van der Waals surface area contributed by atoms with Gasteiger partial charge in [0, 0.05) is 29.2 Å². The second-order valence-corrected chi connectivity index (χ2v) is 9.45. The number of hydrogen-bond donors (Lipinski definition) is 2. The first-order chi connectivity index (χ1) is 15.0. The molecule has 5 nitrogen and oxygen atoms in total. The lowest BCUT2D eigenvalue weighted by atomic mass is 10.0. The molecule has 0 radical (unpaired) electrons. The molecule has 1 aliphatic carbocycles. The molecule has 0 bridgehead atoms. The van der Waals surface area contributed by atoms with Crippen LogP contribution in [0.3, 0.4) is 0 Å². The summed E-state index contributed by atoms with van der Waals surface area (Å²) < 4.78 is 0. The van der Waals surface area contributed by atoms with Crippen molar-refractivity contribution >= 4 is 28.9 Å². The molecule has 2 aliphatic rings. The molecule has 3 atom stereocenters. The number of aromatic amines is 1. The molecule has 1 saturated carbocycles. The van der Waals surface area contributed by atoms with E-state index in [1.165, 1.54) is 19.3 Å². The summed E-state index contributed by atoms with van der Waals surface area (Å²) in [5.74, 6) is 1.37. The Hall–Kier alpha value is -2.05. The predicted molar refractivity (Wildman–Crippen MR) is 125 cm³/mol. The molecule has 2 N–H and O–H groups in total. The van der Waals surface area contributed by atoms with Crippen LogP contribution in [-0.4, -0.2) is 33.4 Å². The first kappa shape index (κ1) is 20.8. The van der Waals surface area contributed by atoms with Crippen molar-refractivity contribution in [3.8, 4) is 11.3 Å². The standard InChI is InChI=1S/C24H26Cl2N4O/c1-15-22(16-9-11-19(25)12-10-16)27-28-23(15)24(31)30(21-8-3-2-7-20(21)26)29-13-17-5-4-6-18(17)14-29/h2-3,7-12,17-18,24,31H,4-6,13-14H2,1H3,(H,27,28). The van der Waals surface area contributed by atoms with Gasteiger partial charge in [-0.05, 0) is 55.9 Å². The van der Waals surface area contributed by atoms with Crippen LogP contribution < -0.4 is 5.01 Å². The van der Waals surface area contributed by atoms with Gasteiger partial charge >= 0.3 is 0 Å². The van der Waals surface area contributed by atoms with E-state index in [9.17, 15) is 5.11 Å². The zero-order chi connectivity index (χ0) is 21.5. The molecule has 31 heavy (non-hydrogen) atoms. The minimum Gasteiger partial charge on any atom is -0.367 e. The Labute approximate surface area is 192 Å². The molecular weight excluding hydrogens is 431 g/mol. The van der Waals surface area contributed by atoms with Gasteiger partial charge in [-0.3, -0.25) is 10.1 Å². The number of halogens is 2. The average molecular weight is 457 g/mol. The number of fused-ring (bicyclic) bond motifs is 1. The highest BCUT2D eigenvalue weighted by atomic mass is 35.5. The summed E-state index contributed by atoms with van der Waals surface area (Å²) in [6, 6.07) is 15.3. The number of hydrazine groups is 1. The lowest BCUT2D eigenvalue weighted by molar-refractivity contribution is 0.0930. The zero-order valence-electron chi connectivity index (χ0n) is 17.4. The van der Waals surface area contributed by atoms with E-state index in [1.807, 2.05) is 60.5 Å². The summed E-state index contributed by atoms with van der Waals surface area (Å²) >= 11 is 12.6. The molecule has 0 spiro atoms. The van der Waals surface area contributed by atoms with Crippen molar-refractivity contribution < 1.29 is 5.11 Å². The predicted octanol–water partition coefficient (Wildman–Crippen LogP) is 5.84. The highest BCUT2D eigenvalue weighted by molar-refractivity contribution is 6.33. The van der Waals surface area contributed by atoms with Gasteiger partial charge in [0.05, 0.1) is 22.1 Å². The topological polar surface area (TPSA) is 55.4 Å². The van der Waals surface area contributed by atoms with Gasteiger partial charge in [0.2, 0.25) is 0 Å². The van der Waals surface area contributed by atoms with Crippen molar-refractivity contribution in [2.45, 2.75) is 32.4 Å². The first-order valence-corrected chi connectivity index (χ1v) is 11.6. The number of nitrogens with zero attached hydrogens (tertiary/aromatic N) is 3. The van der Waals surface area contributed by atoms with Gasteiger partial charge in [0.25, 0.3) is 0 Å². The lowest BCUT2D eigenvalue weighted by Crippen LogP contribution is -2.45. The molecule has 2 aromatic carbocycles. The molecule has 2 heterocycles. The van der Waals surface area contributed by atoms with Gasteiger partial charge < -0.3 is 5.11 Å². The third-order valence-electron chi connectivity index (χ3n) is 6.77. The number of hydrogen-bond acceptors (Lipinski definition) is 4. The van der Waals surface area contributed by atoms with Gasteiger partial charge in [0.15, 0.2) is 6.23 Å². The van der Waals surface area contributed by atoms with Crippen LogP contribution in [0.25, 0.3) is 11.3 Å². The summed E-state index contributed by atoms with van der Waals surface area (Å²) in [7, 11) is 0. The molecule has 1 aromatic heterocycles. The first-order valence-electron chi connectivity index (χ1n) is 10.8. The number of aliphatic hydroxyl groups is 1. The third kappa shape index (κ3) is 3.85. The highest BCUT2D eigenvalue weighted by Crippen LogP contribution is 2.42. The maximum absolute atomic E-state index is 11.6. The molecule has 3 aromatic rings. The van der Waals surface area contributed by atoms with Crippen LogP contribution in [-0.2, 0) is 0 Å². The number of aliphatic hydroxyl groups excluding tert-OH is 1. The van der Waals surface area contributed by atoms with E-state index in [1.54, 1.807) is 0 Å². The summed E-state index contributed by atoms with van der Waals surface area (Å²) in [4.78, 5) is 0. The molecule has 7 heteroatoms. The fourth-order valence-electron chi connectivity index (χ4n) is 5.14. The van der Waals surface area contributed by atoms with Crippen LogP contribution in [0, 0.1) is 18.8 Å². The van der Waals surface area contributed by atoms with Crippen LogP contribution >= 0.6 is 23.2 Å². The number of H-pyrrole nitrogens is 1. The van der Waals surface area contributed by atoms with Crippen LogP contribution in [0.2, 0.25) is 10.0 Å². The van der Waals surface area contributed by atoms with Gasteiger partial charge in [-0.15, -0.1) is 0 Å². The van der Waals surface area contributed by atoms with Crippen molar-refractivity contribution in [1.82, 2.24) is 15.2 Å². The number of benzene rings is 2. The average Bonchev–Trinajstić information content (AvgIpc) is 3.45. The largest absolute Gasteiger partial charge is 0.367 e. The summed E-state index contributed by atoms with van der Waals surface area (Å²) in [5, 5.41) is 24.7. The Balaban J connectivity index is 1.51. The van der Waals surface area contributed by atoms with Gasteiger partial charge in [0.1, 0.15) is 0 Å². The Morgan fingerprint density at radius 2 is 1.74 bits per heavy atom. The smallest absolute Gasteiger partial charge is 0.184 e. The Morgan fingerprint density at radius 3 is 2.42 bits per heavy atom. The number of rotatable bonds is 5. The van der Waals surface area contributed by atoms with Crippen LogP contribution in [0.15, 0.2) is 48.5 Å². The lowest BCUT2D eigenvalue weighted by Gasteiger charge is -2.38. The molecular formula is C24H26Cl2N4O. The van der Waals surface area contributed by atoms with E-state index in [-0.39, 0.29) is 0 Å². The SMILES string of the molecule is Cc1c(-c2ccc(Cl)cc2)n[nH]c1C(O)N(c1ccccc1Cl)N1CC2CCCC2C1.